The monoisotopic (exact) mass is 378 g/mol. The van der Waals surface area contributed by atoms with Crippen LogP contribution in [0.1, 0.15) is 40.3 Å². The van der Waals surface area contributed by atoms with Gasteiger partial charge in [-0.25, -0.2) is 4.39 Å². The van der Waals surface area contributed by atoms with Crippen LogP contribution >= 0.6 is 0 Å². The Morgan fingerprint density at radius 3 is 2.75 bits per heavy atom. The first-order valence-electron chi connectivity index (χ1n) is 9.04. The first-order chi connectivity index (χ1) is 13.6. The normalized spacial score (nSPS) is 14.6. The summed E-state index contributed by atoms with van der Waals surface area (Å²) in [6.45, 7) is 1.86. The van der Waals surface area contributed by atoms with Crippen molar-refractivity contribution in [3.8, 4) is 0 Å². The van der Waals surface area contributed by atoms with Gasteiger partial charge in [0.2, 0.25) is 0 Å². The van der Waals surface area contributed by atoms with Crippen molar-refractivity contribution in [1.82, 2.24) is 4.98 Å². The molecule has 0 bridgehead atoms. The number of nitrogens with one attached hydrogen (secondary N) is 2. The molecule has 0 aliphatic heterocycles. The summed E-state index contributed by atoms with van der Waals surface area (Å²) in [4.78, 5) is 16.6. The summed E-state index contributed by atoms with van der Waals surface area (Å²) in [5.74, 6) is 0.434. The van der Waals surface area contributed by atoms with E-state index in [1.165, 1.54) is 12.1 Å². The van der Waals surface area contributed by atoms with Crippen LogP contribution in [0.25, 0.3) is 0 Å². The summed E-state index contributed by atoms with van der Waals surface area (Å²) in [7, 11) is 0. The maximum atomic E-state index is 13.0. The number of rotatable bonds is 4. The smallest absolute Gasteiger partial charge is 0.291 e. The van der Waals surface area contributed by atoms with Gasteiger partial charge in [0, 0.05) is 23.7 Å². The number of carbonyl (C=O) groups excluding carboxylic acids is 1. The van der Waals surface area contributed by atoms with E-state index in [4.69, 9.17) is 4.42 Å². The molecule has 2 aromatic heterocycles. The van der Waals surface area contributed by atoms with Gasteiger partial charge in [-0.15, -0.1) is 0 Å². The van der Waals surface area contributed by atoms with Crippen LogP contribution in [0.5, 0.6) is 0 Å². The molecule has 0 atom stereocenters. The van der Waals surface area contributed by atoms with Gasteiger partial charge in [0.25, 0.3) is 5.91 Å². The maximum absolute atomic E-state index is 13.0. The van der Waals surface area contributed by atoms with Crippen LogP contribution in [0.2, 0.25) is 0 Å². The fraction of sp³-hybridized carbons (Fsp3) is 0.190. The summed E-state index contributed by atoms with van der Waals surface area (Å²) in [5, 5.41) is 7.28. The molecule has 7 heteroatoms. The highest BCUT2D eigenvalue weighted by molar-refractivity contribution is 6.09. The zero-order chi connectivity index (χ0) is 19.5. The van der Waals surface area contributed by atoms with Crippen molar-refractivity contribution < 1.29 is 13.6 Å². The van der Waals surface area contributed by atoms with Gasteiger partial charge in [0.15, 0.2) is 5.76 Å². The molecular weight excluding hydrogens is 359 g/mol. The summed E-state index contributed by atoms with van der Waals surface area (Å²) in [6, 6.07) is 9.51. The first-order valence-corrected chi connectivity index (χ1v) is 9.04. The second-order valence-electron chi connectivity index (χ2n) is 6.58. The second kappa shape index (κ2) is 7.64. The molecule has 0 unspecified atom stereocenters. The third kappa shape index (κ3) is 3.64. The quantitative estimate of drug-likeness (QED) is 0.654. The summed E-state index contributed by atoms with van der Waals surface area (Å²) >= 11 is 0. The minimum atomic E-state index is -0.314. The second-order valence-corrected chi connectivity index (χ2v) is 6.58. The Kier molecular flexibility index (Phi) is 4.89. The number of hydrazone groups is 1. The van der Waals surface area contributed by atoms with Crippen LogP contribution in [0, 0.1) is 12.7 Å². The number of anilines is 2. The highest BCUT2D eigenvalue weighted by Gasteiger charge is 2.28. The van der Waals surface area contributed by atoms with Crippen molar-refractivity contribution in [2.75, 3.05) is 10.7 Å². The van der Waals surface area contributed by atoms with Crippen LogP contribution in [0.15, 0.2) is 58.3 Å². The molecule has 0 spiro atoms. The van der Waals surface area contributed by atoms with Gasteiger partial charge in [-0.3, -0.25) is 15.2 Å². The SMILES string of the molecule is Cc1c(C(=O)Nc2cccnc2)oc2c1/C(=N/Nc1ccc(F)cc1)CCC2. The molecule has 2 heterocycles. The van der Waals surface area contributed by atoms with E-state index >= 15 is 0 Å². The van der Waals surface area contributed by atoms with Gasteiger partial charge in [0.1, 0.15) is 11.6 Å². The van der Waals surface area contributed by atoms with Crippen molar-refractivity contribution in [3.05, 3.63) is 77.3 Å². The van der Waals surface area contributed by atoms with Gasteiger partial charge in [0.05, 0.1) is 23.3 Å². The Morgan fingerprint density at radius 1 is 1.18 bits per heavy atom. The third-order valence-electron chi connectivity index (χ3n) is 4.62. The molecule has 1 amide bonds. The number of fused-ring (bicyclic) bond motifs is 1. The van der Waals surface area contributed by atoms with Crippen molar-refractivity contribution in [1.29, 1.82) is 0 Å². The minimum absolute atomic E-state index is 0.283. The van der Waals surface area contributed by atoms with Crippen molar-refractivity contribution in [2.45, 2.75) is 26.2 Å². The van der Waals surface area contributed by atoms with E-state index in [0.29, 0.717) is 11.4 Å². The molecule has 142 valence electrons. The lowest BCUT2D eigenvalue weighted by atomic mass is 9.93. The fourth-order valence-electron chi connectivity index (χ4n) is 3.28. The van der Waals surface area contributed by atoms with Gasteiger partial charge < -0.3 is 9.73 Å². The van der Waals surface area contributed by atoms with Gasteiger partial charge in [-0.05, 0) is 56.2 Å². The van der Waals surface area contributed by atoms with Crippen LogP contribution in [0.4, 0.5) is 15.8 Å². The van der Waals surface area contributed by atoms with Gasteiger partial charge >= 0.3 is 0 Å². The molecule has 1 aromatic carbocycles. The lowest BCUT2D eigenvalue weighted by Gasteiger charge is -2.13. The number of pyridine rings is 1. The average Bonchev–Trinajstić information content (AvgIpc) is 3.06. The minimum Gasteiger partial charge on any atom is -0.455 e. The number of carbonyl (C=O) groups is 1. The van der Waals surface area contributed by atoms with Crippen LogP contribution in [-0.2, 0) is 6.42 Å². The Morgan fingerprint density at radius 2 is 2.00 bits per heavy atom. The number of hydrogen-bond donors (Lipinski definition) is 2. The van der Waals surface area contributed by atoms with E-state index < -0.39 is 0 Å². The summed E-state index contributed by atoms with van der Waals surface area (Å²) in [6.07, 6.45) is 5.63. The molecule has 4 rings (SSSR count). The van der Waals surface area contributed by atoms with Crippen molar-refractivity contribution >= 4 is 23.0 Å². The van der Waals surface area contributed by atoms with Gasteiger partial charge in [-0.2, -0.15) is 5.10 Å². The standard InChI is InChI=1S/C21H19FN4O2/c1-13-19-17(26-25-15-9-7-14(22)8-10-15)5-2-6-18(19)28-20(13)21(27)24-16-4-3-11-23-12-16/h3-4,7-12,25H,2,5-6H2,1H3,(H,24,27)/b26-17+. The molecule has 0 saturated carbocycles. The predicted octanol–water partition coefficient (Wildman–Crippen LogP) is 4.53. The van der Waals surface area contributed by atoms with Gasteiger partial charge in [-0.1, -0.05) is 0 Å². The van der Waals surface area contributed by atoms with E-state index in [-0.39, 0.29) is 17.5 Å². The number of furan rings is 1. The number of amides is 1. The Balaban J connectivity index is 1.59. The lowest BCUT2D eigenvalue weighted by molar-refractivity contribution is 0.0994. The summed E-state index contributed by atoms with van der Waals surface area (Å²) in [5.41, 5.74) is 6.71. The van der Waals surface area contributed by atoms with E-state index in [0.717, 1.165) is 41.9 Å². The number of nitrogens with zero attached hydrogens (tertiary/aromatic N) is 2. The first kappa shape index (κ1) is 17.9. The molecule has 2 N–H and O–H groups in total. The molecule has 0 radical (unpaired) electrons. The van der Waals surface area contributed by atoms with Crippen LogP contribution in [-0.4, -0.2) is 16.6 Å². The fourth-order valence-corrected chi connectivity index (χ4v) is 3.28. The highest BCUT2D eigenvalue weighted by Crippen LogP contribution is 2.30. The number of aromatic nitrogens is 1. The number of hydrogen-bond acceptors (Lipinski definition) is 5. The van der Waals surface area contributed by atoms with E-state index in [2.05, 4.69) is 20.8 Å². The molecule has 0 fully saturated rings. The van der Waals surface area contributed by atoms with Crippen molar-refractivity contribution in [2.24, 2.45) is 5.10 Å². The Hall–Kier alpha value is -3.48. The zero-order valence-electron chi connectivity index (χ0n) is 15.3. The molecule has 1 aliphatic rings. The van der Waals surface area contributed by atoms with E-state index in [9.17, 15) is 9.18 Å². The third-order valence-corrected chi connectivity index (χ3v) is 4.62. The molecular formula is C21H19FN4O2. The van der Waals surface area contributed by atoms with E-state index in [1.54, 1.807) is 36.7 Å². The Labute approximate surface area is 161 Å². The number of halogens is 1. The largest absolute Gasteiger partial charge is 0.455 e. The van der Waals surface area contributed by atoms with Crippen LogP contribution in [0.3, 0.4) is 0 Å². The van der Waals surface area contributed by atoms with E-state index in [1.807, 2.05) is 6.92 Å². The summed E-state index contributed by atoms with van der Waals surface area (Å²) < 4.78 is 18.9. The lowest BCUT2D eigenvalue weighted by Crippen LogP contribution is -2.14. The number of aryl methyl sites for hydroxylation is 1. The average molecular weight is 378 g/mol. The van der Waals surface area contributed by atoms with Crippen molar-refractivity contribution in [3.63, 3.8) is 0 Å². The maximum Gasteiger partial charge on any atom is 0.291 e. The molecule has 6 nitrogen and oxygen atoms in total. The zero-order valence-corrected chi connectivity index (χ0v) is 15.3. The predicted molar refractivity (Wildman–Crippen MR) is 105 cm³/mol. The number of benzene rings is 1. The highest BCUT2D eigenvalue weighted by atomic mass is 19.1. The molecule has 0 saturated heterocycles. The topological polar surface area (TPSA) is 79.5 Å². The molecule has 1 aliphatic carbocycles. The molecule has 3 aromatic rings. The van der Waals surface area contributed by atoms with Crippen LogP contribution < -0.4 is 10.7 Å². The Bertz CT molecular complexity index is 1030. The molecule has 28 heavy (non-hydrogen) atoms.